The Labute approximate surface area is 183 Å². The Morgan fingerprint density at radius 3 is 2.88 bits per heavy atom. The molecule has 5 rings (SSSR count). The largest absolute Gasteiger partial charge is 0.508 e. The second kappa shape index (κ2) is 7.26. The molecule has 0 aliphatic carbocycles. The molecule has 4 aromatic rings. The Balaban J connectivity index is 1.64. The number of aromatic hydroxyl groups is 1. The fourth-order valence-corrected chi connectivity index (χ4v) is 4.13. The summed E-state index contributed by atoms with van der Waals surface area (Å²) < 4.78 is 1.65. The molecule has 1 aromatic carbocycles. The standard InChI is InChI=1S/C22H22N8O2/c1-3-4-8-14-20-24-11-25-30(20)10-15(26-14)18-27-17(23)16-19(28-18)29-21(32)22(16,2)12-6-5-7-13(31)9-12/h5-7,9-11,31H,3-4,8H2,1-2H3,(H3,23,27,28,29,32)/t22-/m0/s1. The lowest BCUT2D eigenvalue weighted by Crippen LogP contribution is -2.32. The minimum atomic E-state index is -1.13. The molecule has 0 radical (unpaired) electrons. The SMILES string of the molecule is CCCCc1nc(-c2nc(N)c3c(n2)NC(=O)[C@@]3(C)c2cccc(O)c2)cn2ncnc12. The highest BCUT2D eigenvalue weighted by Gasteiger charge is 2.47. The molecule has 0 saturated heterocycles. The molecule has 1 atom stereocenters. The van der Waals surface area contributed by atoms with E-state index in [1.165, 1.54) is 6.33 Å². The molecular weight excluding hydrogens is 408 g/mol. The number of nitrogens with two attached hydrogens (primary N) is 1. The summed E-state index contributed by atoms with van der Waals surface area (Å²) in [5.74, 6) is 0.561. The molecule has 0 unspecified atom stereocenters. The van der Waals surface area contributed by atoms with E-state index >= 15 is 0 Å². The average Bonchev–Trinajstić information content (AvgIpc) is 3.35. The van der Waals surface area contributed by atoms with Crippen LogP contribution in [0.25, 0.3) is 17.2 Å². The maximum absolute atomic E-state index is 13.0. The normalized spacial score (nSPS) is 17.5. The van der Waals surface area contributed by atoms with Crippen molar-refractivity contribution in [2.75, 3.05) is 11.1 Å². The summed E-state index contributed by atoms with van der Waals surface area (Å²) in [5.41, 5.74) is 8.30. The number of rotatable bonds is 5. The van der Waals surface area contributed by atoms with Crippen molar-refractivity contribution in [1.82, 2.24) is 29.5 Å². The van der Waals surface area contributed by atoms with Gasteiger partial charge in [0, 0.05) is 0 Å². The number of aryl methyl sites for hydroxylation is 1. The number of aromatic nitrogens is 6. The maximum atomic E-state index is 13.0. The third kappa shape index (κ3) is 2.95. The van der Waals surface area contributed by atoms with Crippen molar-refractivity contribution in [2.45, 2.75) is 38.5 Å². The molecule has 0 fully saturated rings. The molecule has 0 spiro atoms. The number of carbonyl (C=O) groups is 1. The smallest absolute Gasteiger partial charge is 0.240 e. The van der Waals surface area contributed by atoms with Gasteiger partial charge in [-0.05, 0) is 37.5 Å². The van der Waals surface area contributed by atoms with Gasteiger partial charge in [-0.15, -0.1) is 0 Å². The molecule has 10 heteroatoms. The van der Waals surface area contributed by atoms with Gasteiger partial charge in [-0.3, -0.25) is 4.79 Å². The van der Waals surface area contributed by atoms with Crippen molar-refractivity contribution in [3.8, 4) is 17.3 Å². The number of carbonyl (C=O) groups excluding carboxylic acids is 1. The average molecular weight is 430 g/mol. The summed E-state index contributed by atoms with van der Waals surface area (Å²) in [7, 11) is 0. The van der Waals surface area contributed by atoms with E-state index in [1.54, 1.807) is 41.9 Å². The van der Waals surface area contributed by atoms with Gasteiger partial charge in [0.25, 0.3) is 0 Å². The van der Waals surface area contributed by atoms with Gasteiger partial charge < -0.3 is 16.2 Å². The van der Waals surface area contributed by atoms with Gasteiger partial charge in [0.1, 0.15) is 34.8 Å². The van der Waals surface area contributed by atoms with Crippen LogP contribution in [0.1, 0.15) is 43.5 Å². The number of fused-ring (bicyclic) bond motifs is 2. The molecule has 4 heterocycles. The zero-order chi connectivity index (χ0) is 22.5. The van der Waals surface area contributed by atoms with E-state index in [0.29, 0.717) is 28.3 Å². The van der Waals surface area contributed by atoms with Crippen LogP contribution in [0.4, 0.5) is 11.6 Å². The lowest BCUT2D eigenvalue weighted by atomic mass is 9.77. The molecule has 3 aromatic heterocycles. The third-order valence-electron chi connectivity index (χ3n) is 5.87. The van der Waals surface area contributed by atoms with Crippen molar-refractivity contribution in [2.24, 2.45) is 0 Å². The van der Waals surface area contributed by atoms with Crippen molar-refractivity contribution in [3.05, 3.63) is 53.6 Å². The van der Waals surface area contributed by atoms with Crippen LogP contribution in [0.5, 0.6) is 5.75 Å². The molecule has 1 aliphatic heterocycles. The van der Waals surface area contributed by atoms with Crippen molar-refractivity contribution < 1.29 is 9.90 Å². The Bertz CT molecular complexity index is 1370. The van der Waals surface area contributed by atoms with Crippen LogP contribution in [-0.4, -0.2) is 40.6 Å². The maximum Gasteiger partial charge on any atom is 0.240 e. The van der Waals surface area contributed by atoms with E-state index in [-0.39, 0.29) is 23.3 Å². The molecular formula is C22H22N8O2. The molecule has 1 aliphatic rings. The summed E-state index contributed by atoms with van der Waals surface area (Å²) >= 11 is 0. The first-order chi connectivity index (χ1) is 15.4. The van der Waals surface area contributed by atoms with E-state index in [0.717, 1.165) is 25.0 Å². The second-order valence-electron chi connectivity index (χ2n) is 7.99. The van der Waals surface area contributed by atoms with Gasteiger partial charge in [0.05, 0.1) is 17.5 Å². The van der Waals surface area contributed by atoms with E-state index in [1.807, 2.05) is 0 Å². The van der Waals surface area contributed by atoms with E-state index < -0.39 is 5.41 Å². The molecule has 162 valence electrons. The van der Waals surface area contributed by atoms with Gasteiger partial charge in [-0.25, -0.2) is 24.5 Å². The lowest BCUT2D eigenvalue weighted by Gasteiger charge is -2.23. The van der Waals surface area contributed by atoms with Crippen LogP contribution < -0.4 is 11.1 Å². The highest BCUT2D eigenvalue weighted by Crippen LogP contribution is 2.45. The molecule has 1 amide bonds. The Hall–Kier alpha value is -4.08. The number of nitrogens with one attached hydrogen (secondary N) is 1. The zero-order valence-corrected chi connectivity index (χ0v) is 17.7. The minimum absolute atomic E-state index is 0.0611. The van der Waals surface area contributed by atoms with Crippen LogP contribution in [-0.2, 0) is 16.6 Å². The number of unbranched alkanes of at least 4 members (excludes halogenated alkanes) is 1. The van der Waals surface area contributed by atoms with Gasteiger partial charge in [0.15, 0.2) is 11.5 Å². The molecule has 10 nitrogen and oxygen atoms in total. The topological polar surface area (TPSA) is 144 Å². The van der Waals surface area contributed by atoms with Crippen LogP contribution in [0.15, 0.2) is 36.8 Å². The Kier molecular flexibility index (Phi) is 4.50. The van der Waals surface area contributed by atoms with Gasteiger partial charge in [-0.1, -0.05) is 25.5 Å². The van der Waals surface area contributed by atoms with Gasteiger partial charge in [0.2, 0.25) is 5.91 Å². The lowest BCUT2D eigenvalue weighted by molar-refractivity contribution is -0.119. The summed E-state index contributed by atoms with van der Waals surface area (Å²) in [6, 6.07) is 6.54. The van der Waals surface area contributed by atoms with Crippen LogP contribution in [0, 0.1) is 0 Å². The number of phenols is 1. The fraction of sp³-hybridized carbons (Fsp3) is 0.273. The predicted molar refractivity (Wildman–Crippen MR) is 118 cm³/mol. The minimum Gasteiger partial charge on any atom is -0.508 e. The highest BCUT2D eigenvalue weighted by molar-refractivity contribution is 6.09. The van der Waals surface area contributed by atoms with E-state index in [9.17, 15) is 9.90 Å². The number of anilines is 2. The predicted octanol–water partition coefficient (Wildman–Crippen LogP) is 2.47. The number of nitrogen functional groups attached to an aromatic ring is 1. The summed E-state index contributed by atoms with van der Waals surface area (Å²) in [6.45, 7) is 3.85. The summed E-state index contributed by atoms with van der Waals surface area (Å²) in [4.78, 5) is 31.1. The second-order valence-corrected chi connectivity index (χ2v) is 7.99. The first-order valence-electron chi connectivity index (χ1n) is 10.4. The Morgan fingerprint density at radius 2 is 2.09 bits per heavy atom. The number of benzene rings is 1. The van der Waals surface area contributed by atoms with Crippen molar-refractivity contribution in [3.63, 3.8) is 0 Å². The summed E-state index contributed by atoms with van der Waals surface area (Å²) in [6.07, 6.45) is 5.91. The Morgan fingerprint density at radius 1 is 1.25 bits per heavy atom. The number of nitrogens with zero attached hydrogens (tertiary/aromatic N) is 6. The van der Waals surface area contributed by atoms with Gasteiger partial charge >= 0.3 is 0 Å². The van der Waals surface area contributed by atoms with Crippen LogP contribution in [0.3, 0.4) is 0 Å². The first-order valence-corrected chi connectivity index (χ1v) is 10.4. The van der Waals surface area contributed by atoms with Crippen LogP contribution >= 0.6 is 0 Å². The molecule has 4 N–H and O–H groups in total. The third-order valence-corrected chi connectivity index (χ3v) is 5.87. The first kappa shape index (κ1) is 19.9. The molecule has 0 saturated carbocycles. The zero-order valence-electron chi connectivity index (χ0n) is 17.7. The number of hydrogen-bond donors (Lipinski definition) is 3. The van der Waals surface area contributed by atoms with Crippen molar-refractivity contribution >= 4 is 23.2 Å². The highest BCUT2D eigenvalue weighted by atomic mass is 16.3. The van der Waals surface area contributed by atoms with E-state index in [4.69, 9.17) is 10.7 Å². The number of phenolic OH excluding ortho intramolecular Hbond substituents is 1. The number of amides is 1. The number of hydrogen-bond acceptors (Lipinski definition) is 8. The quantitative estimate of drug-likeness (QED) is 0.438. The molecule has 0 bridgehead atoms. The van der Waals surface area contributed by atoms with Crippen molar-refractivity contribution in [1.29, 1.82) is 0 Å². The van der Waals surface area contributed by atoms with Crippen LogP contribution in [0.2, 0.25) is 0 Å². The molecule has 32 heavy (non-hydrogen) atoms. The van der Waals surface area contributed by atoms with Gasteiger partial charge in [-0.2, -0.15) is 5.10 Å². The fourth-order valence-electron chi connectivity index (χ4n) is 4.13. The summed E-state index contributed by atoms with van der Waals surface area (Å²) in [5, 5.41) is 17.0. The monoisotopic (exact) mass is 430 g/mol. The van der Waals surface area contributed by atoms with E-state index in [2.05, 4.69) is 32.3 Å².